The van der Waals surface area contributed by atoms with Crippen molar-refractivity contribution >= 4 is 31.9 Å². The van der Waals surface area contributed by atoms with Gasteiger partial charge < -0.3 is 5.32 Å². The molecule has 146 valence electrons. The molecule has 1 amide bonds. The van der Waals surface area contributed by atoms with Gasteiger partial charge in [-0.3, -0.25) is 4.79 Å². The molecule has 1 aliphatic rings. The highest BCUT2D eigenvalue weighted by Crippen LogP contribution is 2.28. The third-order valence-electron chi connectivity index (χ3n) is 4.75. The van der Waals surface area contributed by atoms with Gasteiger partial charge in [0.2, 0.25) is 15.9 Å². The highest BCUT2D eigenvalue weighted by atomic mass is 79.9. The molecule has 2 rings (SSSR count). The Morgan fingerprint density at radius 2 is 1.81 bits per heavy atom. The number of nitrogens with one attached hydrogen (secondary N) is 1. The molecule has 0 heterocycles. The van der Waals surface area contributed by atoms with E-state index in [1.807, 2.05) is 0 Å². The first-order chi connectivity index (χ1) is 12.3. The quantitative estimate of drug-likeness (QED) is 0.659. The number of carbonyl (C=O) groups is 1. The number of carbonyl (C=O) groups excluding carboxylic acids is 1. The van der Waals surface area contributed by atoms with E-state index in [9.17, 15) is 13.2 Å². The lowest BCUT2D eigenvalue weighted by atomic mass is 9.95. The zero-order valence-corrected chi connectivity index (χ0v) is 18.0. The van der Waals surface area contributed by atoms with E-state index in [1.54, 1.807) is 24.3 Å². The zero-order valence-electron chi connectivity index (χ0n) is 15.6. The van der Waals surface area contributed by atoms with Crippen LogP contribution >= 0.6 is 15.9 Å². The second-order valence-electron chi connectivity index (χ2n) is 7.33. The number of nitrogens with zero attached hydrogens (tertiary/aromatic N) is 1. The summed E-state index contributed by atoms with van der Waals surface area (Å²) in [6.07, 6.45) is 5.65. The standard InChI is InChI=1S/C19H29BrN2O3S/c1-15(2)12-13-21-19(23)14-22(17-6-4-3-5-7-17)26(24,25)18-10-8-16(20)9-11-18/h8-11,15,17H,3-7,12-14H2,1-2H3,(H,21,23). The maximum Gasteiger partial charge on any atom is 0.243 e. The Kier molecular flexibility index (Phi) is 8.10. The van der Waals surface area contributed by atoms with Crippen LogP contribution in [0.4, 0.5) is 0 Å². The molecular formula is C19H29BrN2O3S. The molecule has 0 atom stereocenters. The van der Waals surface area contributed by atoms with E-state index in [0.29, 0.717) is 12.5 Å². The lowest BCUT2D eigenvalue weighted by Crippen LogP contribution is -2.47. The highest BCUT2D eigenvalue weighted by Gasteiger charge is 2.33. The number of halogens is 1. The van der Waals surface area contributed by atoms with Gasteiger partial charge in [0.1, 0.15) is 0 Å². The van der Waals surface area contributed by atoms with Crippen LogP contribution in [0.3, 0.4) is 0 Å². The normalized spacial score (nSPS) is 16.2. The van der Waals surface area contributed by atoms with Gasteiger partial charge in [-0.1, -0.05) is 49.0 Å². The molecule has 0 radical (unpaired) electrons. The van der Waals surface area contributed by atoms with Crippen molar-refractivity contribution < 1.29 is 13.2 Å². The van der Waals surface area contributed by atoms with E-state index in [-0.39, 0.29) is 23.4 Å². The van der Waals surface area contributed by atoms with Crippen molar-refractivity contribution in [2.45, 2.75) is 63.3 Å². The zero-order chi connectivity index (χ0) is 19.2. The van der Waals surface area contributed by atoms with Gasteiger partial charge in [0.25, 0.3) is 0 Å². The molecule has 1 saturated carbocycles. The largest absolute Gasteiger partial charge is 0.355 e. The molecule has 5 nitrogen and oxygen atoms in total. The first kappa shape index (κ1) is 21.4. The van der Waals surface area contributed by atoms with Gasteiger partial charge in [-0.25, -0.2) is 8.42 Å². The predicted molar refractivity (Wildman–Crippen MR) is 107 cm³/mol. The minimum atomic E-state index is -3.70. The topological polar surface area (TPSA) is 66.5 Å². The predicted octanol–water partition coefficient (Wildman–Crippen LogP) is 3.93. The summed E-state index contributed by atoms with van der Waals surface area (Å²) in [5, 5.41) is 2.86. The molecule has 0 unspecified atom stereocenters. The van der Waals surface area contributed by atoms with Crippen LogP contribution in [0, 0.1) is 5.92 Å². The summed E-state index contributed by atoms with van der Waals surface area (Å²) >= 11 is 3.33. The highest BCUT2D eigenvalue weighted by molar-refractivity contribution is 9.10. The van der Waals surface area contributed by atoms with Crippen LogP contribution in [0.15, 0.2) is 33.6 Å². The molecule has 1 N–H and O–H groups in total. The minimum absolute atomic E-state index is 0.103. The Morgan fingerprint density at radius 3 is 2.38 bits per heavy atom. The van der Waals surface area contributed by atoms with E-state index < -0.39 is 10.0 Å². The van der Waals surface area contributed by atoms with Gasteiger partial charge in [-0.05, 0) is 49.4 Å². The Hall–Kier alpha value is -0.920. The van der Waals surface area contributed by atoms with Crippen molar-refractivity contribution in [2.75, 3.05) is 13.1 Å². The fraction of sp³-hybridized carbons (Fsp3) is 0.632. The molecule has 0 spiro atoms. The number of hydrogen-bond donors (Lipinski definition) is 1. The summed E-state index contributed by atoms with van der Waals surface area (Å²) in [6.45, 7) is 4.66. The number of hydrogen-bond acceptors (Lipinski definition) is 3. The van der Waals surface area contributed by atoms with Crippen LogP contribution in [-0.2, 0) is 14.8 Å². The van der Waals surface area contributed by atoms with E-state index in [0.717, 1.165) is 43.0 Å². The maximum absolute atomic E-state index is 13.2. The smallest absolute Gasteiger partial charge is 0.243 e. The van der Waals surface area contributed by atoms with Crippen LogP contribution < -0.4 is 5.32 Å². The van der Waals surface area contributed by atoms with Crippen LogP contribution in [0.25, 0.3) is 0 Å². The third kappa shape index (κ3) is 6.06. The first-order valence-electron chi connectivity index (χ1n) is 9.35. The van der Waals surface area contributed by atoms with Crippen molar-refractivity contribution in [3.63, 3.8) is 0 Å². The van der Waals surface area contributed by atoms with Crippen LogP contribution in [-0.4, -0.2) is 37.8 Å². The van der Waals surface area contributed by atoms with E-state index in [4.69, 9.17) is 0 Å². The Bertz CT molecular complexity index is 683. The van der Waals surface area contributed by atoms with E-state index in [2.05, 4.69) is 35.1 Å². The van der Waals surface area contributed by atoms with Gasteiger partial charge >= 0.3 is 0 Å². The Labute approximate surface area is 165 Å². The van der Waals surface area contributed by atoms with Gasteiger partial charge in [-0.2, -0.15) is 4.31 Å². The van der Waals surface area contributed by atoms with Gasteiger partial charge in [0.05, 0.1) is 11.4 Å². The number of sulfonamides is 1. The van der Waals surface area contributed by atoms with Crippen molar-refractivity contribution in [1.29, 1.82) is 0 Å². The fourth-order valence-corrected chi connectivity index (χ4v) is 5.12. The summed E-state index contributed by atoms with van der Waals surface area (Å²) in [7, 11) is -3.70. The molecule has 1 fully saturated rings. The molecule has 7 heteroatoms. The third-order valence-corrected chi connectivity index (χ3v) is 7.19. The molecule has 1 aromatic carbocycles. The first-order valence-corrected chi connectivity index (χ1v) is 11.6. The molecule has 0 aromatic heterocycles. The molecule has 0 saturated heterocycles. The Balaban J connectivity index is 2.17. The molecule has 0 bridgehead atoms. The second kappa shape index (κ2) is 9.85. The summed E-state index contributed by atoms with van der Waals surface area (Å²) in [6, 6.07) is 6.51. The van der Waals surface area contributed by atoms with Crippen molar-refractivity contribution in [3.05, 3.63) is 28.7 Å². The van der Waals surface area contributed by atoms with Crippen LogP contribution in [0.2, 0.25) is 0 Å². The van der Waals surface area contributed by atoms with Crippen molar-refractivity contribution in [3.8, 4) is 0 Å². The van der Waals surface area contributed by atoms with Crippen LogP contribution in [0.1, 0.15) is 52.4 Å². The molecule has 1 aliphatic carbocycles. The minimum Gasteiger partial charge on any atom is -0.355 e. The second-order valence-corrected chi connectivity index (χ2v) is 10.1. The Morgan fingerprint density at radius 1 is 1.19 bits per heavy atom. The van der Waals surface area contributed by atoms with Gasteiger partial charge in [0, 0.05) is 17.1 Å². The van der Waals surface area contributed by atoms with Gasteiger partial charge in [-0.15, -0.1) is 0 Å². The molecule has 0 aliphatic heterocycles. The summed E-state index contributed by atoms with van der Waals surface area (Å²) in [5.41, 5.74) is 0. The maximum atomic E-state index is 13.2. The molecular weight excluding hydrogens is 416 g/mol. The summed E-state index contributed by atoms with van der Waals surface area (Å²) < 4.78 is 28.6. The van der Waals surface area contributed by atoms with E-state index in [1.165, 1.54) is 4.31 Å². The average Bonchev–Trinajstić information content (AvgIpc) is 2.60. The van der Waals surface area contributed by atoms with E-state index >= 15 is 0 Å². The molecule has 1 aromatic rings. The monoisotopic (exact) mass is 444 g/mol. The number of amides is 1. The van der Waals surface area contributed by atoms with Crippen molar-refractivity contribution in [1.82, 2.24) is 9.62 Å². The summed E-state index contributed by atoms with van der Waals surface area (Å²) in [4.78, 5) is 12.6. The van der Waals surface area contributed by atoms with Crippen molar-refractivity contribution in [2.24, 2.45) is 5.92 Å². The number of benzene rings is 1. The lowest BCUT2D eigenvalue weighted by molar-refractivity contribution is -0.121. The average molecular weight is 445 g/mol. The molecule has 26 heavy (non-hydrogen) atoms. The van der Waals surface area contributed by atoms with Gasteiger partial charge in [0.15, 0.2) is 0 Å². The SMILES string of the molecule is CC(C)CCNC(=O)CN(C1CCCCC1)S(=O)(=O)c1ccc(Br)cc1. The summed E-state index contributed by atoms with van der Waals surface area (Å²) in [5.74, 6) is 0.271. The van der Waals surface area contributed by atoms with Crippen LogP contribution in [0.5, 0.6) is 0 Å². The fourth-order valence-electron chi connectivity index (χ4n) is 3.22. The number of rotatable bonds is 8. The lowest BCUT2D eigenvalue weighted by Gasteiger charge is -2.33.